The van der Waals surface area contributed by atoms with Crippen LogP contribution in [0.25, 0.3) is 0 Å². The molecule has 0 aromatic rings. The Hall–Kier alpha value is -0.300. The minimum atomic E-state index is 0.220. The molecule has 2 aliphatic carbocycles. The largest absolute Gasteiger partial charge is 0.396 e. The average molecular weight is 180 g/mol. The van der Waals surface area contributed by atoms with E-state index in [1.54, 1.807) is 0 Å². The Bertz CT molecular complexity index is 209. The molecular weight excluding hydrogens is 160 g/mol. The second kappa shape index (κ2) is 3.45. The second-order valence-electron chi connectivity index (χ2n) is 5.13. The summed E-state index contributed by atoms with van der Waals surface area (Å²) in [5, 5.41) is 9.32. The van der Waals surface area contributed by atoms with E-state index in [2.05, 4.69) is 19.1 Å². The van der Waals surface area contributed by atoms with Crippen LogP contribution in [-0.4, -0.2) is 11.7 Å². The predicted molar refractivity (Wildman–Crippen MR) is 54.4 cm³/mol. The molecule has 74 valence electrons. The molecule has 1 saturated carbocycles. The average Bonchev–Trinajstić information content (AvgIpc) is 2.54. The Morgan fingerprint density at radius 1 is 1.38 bits per heavy atom. The molecule has 0 saturated heterocycles. The first-order valence-corrected chi connectivity index (χ1v) is 5.51. The fourth-order valence-corrected chi connectivity index (χ4v) is 2.76. The summed E-state index contributed by atoms with van der Waals surface area (Å²) in [7, 11) is 0. The van der Waals surface area contributed by atoms with Crippen molar-refractivity contribution in [1.29, 1.82) is 0 Å². The van der Waals surface area contributed by atoms with E-state index in [4.69, 9.17) is 0 Å². The number of allylic oxidation sites excluding steroid dienone is 2. The van der Waals surface area contributed by atoms with Crippen LogP contribution in [0.1, 0.15) is 39.0 Å². The van der Waals surface area contributed by atoms with Crippen molar-refractivity contribution >= 4 is 0 Å². The lowest BCUT2D eigenvalue weighted by molar-refractivity contribution is 0.124. The molecule has 0 bridgehead atoms. The highest BCUT2D eigenvalue weighted by Gasteiger charge is 2.33. The molecule has 1 nitrogen and oxygen atoms in total. The van der Waals surface area contributed by atoms with Gasteiger partial charge in [0.1, 0.15) is 0 Å². The van der Waals surface area contributed by atoms with Crippen LogP contribution < -0.4 is 0 Å². The zero-order valence-corrected chi connectivity index (χ0v) is 8.50. The van der Waals surface area contributed by atoms with Gasteiger partial charge < -0.3 is 5.11 Å². The Labute approximate surface area is 80.8 Å². The summed E-state index contributed by atoms with van der Waals surface area (Å²) in [4.78, 5) is 0. The molecule has 1 heteroatoms. The molecule has 3 atom stereocenters. The van der Waals surface area contributed by atoms with Gasteiger partial charge in [0.15, 0.2) is 0 Å². The number of rotatable bonds is 1. The van der Waals surface area contributed by atoms with Crippen LogP contribution in [0.5, 0.6) is 0 Å². The minimum absolute atomic E-state index is 0.220. The molecule has 0 heterocycles. The quantitative estimate of drug-likeness (QED) is 0.615. The van der Waals surface area contributed by atoms with Gasteiger partial charge in [0.05, 0.1) is 0 Å². The first-order valence-electron chi connectivity index (χ1n) is 5.51. The van der Waals surface area contributed by atoms with Gasteiger partial charge >= 0.3 is 0 Å². The van der Waals surface area contributed by atoms with Crippen LogP contribution in [0, 0.1) is 17.3 Å². The third-order valence-corrected chi connectivity index (χ3v) is 4.01. The van der Waals surface area contributed by atoms with E-state index < -0.39 is 0 Å². The molecule has 0 aromatic carbocycles. The lowest BCUT2D eigenvalue weighted by atomic mass is 9.83. The summed E-state index contributed by atoms with van der Waals surface area (Å²) < 4.78 is 0. The maximum Gasteiger partial charge on any atom is 0.0484 e. The summed E-state index contributed by atoms with van der Waals surface area (Å²) in [5.41, 5.74) is 0.220. The van der Waals surface area contributed by atoms with E-state index in [1.165, 1.54) is 32.1 Å². The van der Waals surface area contributed by atoms with Gasteiger partial charge in [0, 0.05) is 6.61 Å². The molecule has 13 heavy (non-hydrogen) atoms. The van der Waals surface area contributed by atoms with Crippen molar-refractivity contribution in [3.63, 3.8) is 0 Å². The number of fused-ring (bicyclic) bond motifs is 1. The van der Waals surface area contributed by atoms with Gasteiger partial charge in [-0.15, -0.1) is 0 Å². The van der Waals surface area contributed by atoms with Crippen LogP contribution >= 0.6 is 0 Å². The van der Waals surface area contributed by atoms with Crippen LogP contribution in [0.3, 0.4) is 0 Å². The van der Waals surface area contributed by atoms with Gasteiger partial charge in [-0.25, -0.2) is 0 Å². The summed E-state index contributed by atoms with van der Waals surface area (Å²) in [6.45, 7) is 2.61. The van der Waals surface area contributed by atoms with Crippen molar-refractivity contribution < 1.29 is 5.11 Å². The Morgan fingerprint density at radius 3 is 2.92 bits per heavy atom. The normalized spacial score (nSPS) is 44.5. The summed E-state index contributed by atoms with van der Waals surface area (Å²) >= 11 is 0. The predicted octanol–water partition coefficient (Wildman–Crippen LogP) is 2.75. The van der Waals surface area contributed by atoms with Crippen molar-refractivity contribution in [2.45, 2.75) is 39.0 Å². The topological polar surface area (TPSA) is 20.2 Å². The molecule has 1 N–H and O–H groups in total. The van der Waals surface area contributed by atoms with Gasteiger partial charge in [-0.05, 0) is 49.4 Å². The zero-order chi connectivity index (χ0) is 9.31. The van der Waals surface area contributed by atoms with Crippen molar-refractivity contribution in [1.82, 2.24) is 0 Å². The molecule has 0 spiro atoms. The Kier molecular flexibility index (Phi) is 2.46. The van der Waals surface area contributed by atoms with Crippen molar-refractivity contribution in [3.05, 3.63) is 12.2 Å². The summed E-state index contributed by atoms with van der Waals surface area (Å²) in [6.07, 6.45) is 11.0. The van der Waals surface area contributed by atoms with Crippen molar-refractivity contribution in [2.75, 3.05) is 6.61 Å². The first kappa shape index (κ1) is 9.26. The fraction of sp³-hybridized carbons (Fsp3) is 0.833. The summed E-state index contributed by atoms with van der Waals surface area (Å²) in [5.74, 6) is 1.72. The van der Waals surface area contributed by atoms with Crippen molar-refractivity contribution in [3.8, 4) is 0 Å². The standard InChI is InChI=1S/C12H20O/c1-12(9-13)7-5-10-3-2-4-11(10)6-8-12/h2-3,10-11,13H,4-9H2,1H3. The molecule has 0 aromatic heterocycles. The maximum atomic E-state index is 9.32. The molecule has 0 radical (unpaired) electrons. The van der Waals surface area contributed by atoms with Gasteiger partial charge in [0.2, 0.25) is 0 Å². The molecule has 1 fully saturated rings. The second-order valence-corrected chi connectivity index (χ2v) is 5.13. The van der Waals surface area contributed by atoms with E-state index in [1.807, 2.05) is 0 Å². The highest BCUT2D eigenvalue weighted by Crippen LogP contribution is 2.43. The van der Waals surface area contributed by atoms with E-state index in [0.717, 1.165) is 11.8 Å². The van der Waals surface area contributed by atoms with Gasteiger partial charge in [-0.2, -0.15) is 0 Å². The van der Waals surface area contributed by atoms with E-state index in [0.29, 0.717) is 6.61 Å². The Morgan fingerprint density at radius 2 is 2.15 bits per heavy atom. The SMILES string of the molecule is CC1(CO)CCC2C=CCC2CC1. The fourth-order valence-electron chi connectivity index (χ4n) is 2.76. The maximum absolute atomic E-state index is 9.32. The smallest absolute Gasteiger partial charge is 0.0484 e. The molecule has 2 rings (SSSR count). The minimum Gasteiger partial charge on any atom is -0.396 e. The van der Waals surface area contributed by atoms with Crippen molar-refractivity contribution in [2.24, 2.45) is 17.3 Å². The van der Waals surface area contributed by atoms with Crippen LogP contribution in [0.2, 0.25) is 0 Å². The van der Waals surface area contributed by atoms with E-state index in [9.17, 15) is 5.11 Å². The first-order chi connectivity index (χ1) is 6.23. The zero-order valence-electron chi connectivity index (χ0n) is 8.50. The highest BCUT2D eigenvalue weighted by molar-refractivity contribution is 5.03. The van der Waals surface area contributed by atoms with Gasteiger partial charge in [-0.1, -0.05) is 19.1 Å². The monoisotopic (exact) mass is 180 g/mol. The molecule has 2 aliphatic rings. The lowest BCUT2D eigenvalue weighted by Crippen LogP contribution is -2.20. The number of hydrogen-bond acceptors (Lipinski definition) is 1. The molecule has 3 unspecified atom stereocenters. The van der Waals surface area contributed by atoms with Crippen LogP contribution in [0.15, 0.2) is 12.2 Å². The number of hydrogen-bond donors (Lipinski definition) is 1. The Balaban J connectivity index is 2.02. The number of aliphatic hydroxyl groups is 1. The molecule has 0 amide bonds. The van der Waals surface area contributed by atoms with Crippen LogP contribution in [-0.2, 0) is 0 Å². The van der Waals surface area contributed by atoms with Crippen LogP contribution in [0.4, 0.5) is 0 Å². The highest BCUT2D eigenvalue weighted by atomic mass is 16.3. The van der Waals surface area contributed by atoms with Gasteiger partial charge in [-0.3, -0.25) is 0 Å². The summed E-state index contributed by atoms with van der Waals surface area (Å²) in [6, 6.07) is 0. The van der Waals surface area contributed by atoms with E-state index >= 15 is 0 Å². The molecule has 0 aliphatic heterocycles. The molecular formula is C12H20O. The third-order valence-electron chi connectivity index (χ3n) is 4.01. The number of aliphatic hydroxyl groups excluding tert-OH is 1. The lowest BCUT2D eigenvalue weighted by Gasteiger charge is -2.25. The third kappa shape index (κ3) is 1.80. The van der Waals surface area contributed by atoms with E-state index in [-0.39, 0.29) is 5.41 Å². The van der Waals surface area contributed by atoms with Gasteiger partial charge in [0.25, 0.3) is 0 Å².